The molecule has 1 unspecified atom stereocenters. The minimum atomic E-state index is -3.79. The number of carbonyl (C=O) groups is 2. The average molecular weight is 387 g/mol. The molecule has 0 spiro atoms. The van der Waals surface area contributed by atoms with E-state index in [2.05, 4.69) is 10.2 Å². The highest BCUT2D eigenvalue weighted by atomic mass is 31.2. The molecule has 0 saturated carbocycles. The van der Waals surface area contributed by atoms with Crippen LogP contribution >= 0.6 is 7.44 Å². The number of ether oxygens (including phenoxy) is 1. The third kappa shape index (κ3) is 5.91. The first-order valence-electron chi connectivity index (χ1n) is 7.80. The van der Waals surface area contributed by atoms with Crippen LogP contribution in [0.1, 0.15) is 27.7 Å². The van der Waals surface area contributed by atoms with Crippen LogP contribution in [0.3, 0.4) is 0 Å². The number of aliphatic carboxylic acids is 1. The molecule has 0 aliphatic rings. The molecule has 0 radical (unpaired) electrons. The highest BCUT2D eigenvalue weighted by Gasteiger charge is 2.33. The Morgan fingerprint density at radius 3 is 2.04 bits per heavy atom. The molecule has 1 rings (SSSR count). The van der Waals surface area contributed by atoms with Gasteiger partial charge >= 0.3 is 11.9 Å². The van der Waals surface area contributed by atoms with E-state index in [1.807, 2.05) is 0 Å². The van der Waals surface area contributed by atoms with E-state index in [0.29, 0.717) is 0 Å². The molecule has 0 heterocycles. The number of nitro groups is 1. The molecule has 26 heavy (non-hydrogen) atoms. The van der Waals surface area contributed by atoms with Crippen molar-refractivity contribution in [3.8, 4) is 0 Å². The quantitative estimate of drug-likeness (QED) is 0.247. The van der Waals surface area contributed by atoms with Crippen molar-refractivity contribution in [1.82, 2.24) is 10.2 Å². The minimum absolute atomic E-state index is 0.0976. The molecule has 1 aromatic rings. The predicted molar refractivity (Wildman–Crippen MR) is 94.4 cm³/mol. The van der Waals surface area contributed by atoms with E-state index in [9.17, 15) is 24.3 Å². The normalized spacial score (nSPS) is 15.7. The zero-order valence-corrected chi connectivity index (χ0v) is 15.7. The van der Waals surface area contributed by atoms with Crippen LogP contribution in [0.4, 0.5) is 5.69 Å². The zero-order valence-electron chi connectivity index (χ0n) is 14.8. The van der Waals surface area contributed by atoms with E-state index >= 15 is 0 Å². The number of hydrogen-bond acceptors (Lipinski definition) is 6. The van der Waals surface area contributed by atoms with Gasteiger partial charge in [0.05, 0.1) is 11.0 Å². The number of carboxylic acids is 1. The SMILES string of the molecule is CC(C)OC(=O)[C@H](C)NP(=O)(N[C@@H](C)C(=O)O)c1ccc([N+](=O)[O-])cc1. The Morgan fingerprint density at radius 1 is 1.12 bits per heavy atom. The maximum Gasteiger partial charge on any atom is 0.323 e. The van der Waals surface area contributed by atoms with Gasteiger partial charge < -0.3 is 9.84 Å². The highest BCUT2D eigenvalue weighted by Crippen LogP contribution is 2.37. The summed E-state index contributed by atoms with van der Waals surface area (Å²) < 4.78 is 18.4. The van der Waals surface area contributed by atoms with Crippen LogP contribution in [-0.2, 0) is 18.9 Å². The third-order valence-corrected chi connectivity index (χ3v) is 5.78. The van der Waals surface area contributed by atoms with Crippen molar-refractivity contribution in [2.45, 2.75) is 45.9 Å². The summed E-state index contributed by atoms with van der Waals surface area (Å²) in [5.41, 5.74) is -0.209. The zero-order chi connectivity index (χ0) is 20.1. The molecule has 0 aromatic heterocycles. The lowest BCUT2D eigenvalue weighted by Crippen LogP contribution is -2.44. The number of nitrogens with one attached hydrogen (secondary N) is 2. The van der Waals surface area contributed by atoms with E-state index in [0.717, 1.165) is 12.1 Å². The van der Waals surface area contributed by atoms with E-state index in [1.54, 1.807) is 13.8 Å². The molecule has 0 amide bonds. The first-order chi connectivity index (χ1) is 12.0. The molecule has 3 atom stereocenters. The highest BCUT2D eigenvalue weighted by molar-refractivity contribution is 7.67. The maximum absolute atomic E-state index is 13.3. The van der Waals surface area contributed by atoms with Crippen LogP contribution in [0.25, 0.3) is 0 Å². The standard InChI is InChI=1S/C15H22N3O7P/c1-9(2)25-15(21)11(4)17-26(24,16-10(3)14(19)20)13-7-5-12(6-8-13)18(22)23/h5-11H,1-4H3,(H,19,20)(H2,16,17,24)/t10-,11-,26?/m0/s1. The van der Waals surface area contributed by atoms with Crippen molar-refractivity contribution < 1.29 is 28.9 Å². The van der Waals surface area contributed by atoms with Crippen LogP contribution < -0.4 is 15.5 Å². The van der Waals surface area contributed by atoms with Crippen LogP contribution in [0.2, 0.25) is 0 Å². The number of nitro benzene ring substituents is 1. The van der Waals surface area contributed by atoms with E-state index < -0.39 is 36.4 Å². The number of non-ortho nitro benzene ring substituents is 1. The van der Waals surface area contributed by atoms with Crippen LogP contribution in [0, 0.1) is 10.1 Å². The number of carbonyl (C=O) groups excluding carboxylic acids is 1. The summed E-state index contributed by atoms with van der Waals surface area (Å²) in [6.45, 7) is 6.03. The van der Waals surface area contributed by atoms with Crippen LogP contribution in [0.15, 0.2) is 24.3 Å². The topological polar surface area (TPSA) is 148 Å². The van der Waals surface area contributed by atoms with Gasteiger partial charge in [0.2, 0.25) is 7.44 Å². The number of hydrogen-bond donors (Lipinski definition) is 3. The molecule has 0 saturated heterocycles. The largest absolute Gasteiger partial charge is 0.480 e. The number of rotatable bonds is 9. The van der Waals surface area contributed by atoms with Crippen molar-refractivity contribution in [2.75, 3.05) is 0 Å². The second kappa shape index (κ2) is 8.88. The molecule has 0 aliphatic heterocycles. The Morgan fingerprint density at radius 2 is 1.62 bits per heavy atom. The van der Waals surface area contributed by atoms with E-state index in [1.165, 1.54) is 26.0 Å². The lowest BCUT2D eigenvalue weighted by molar-refractivity contribution is -0.384. The minimum Gasteiger partial charge on any atom is -0.480 e. The number of carboxylic acid groups (broad SMARTS) is 1. The van der Waals surface area contributed by atoms with Gasteiger partial charge in [0.15, 0.2) is 0 Å². The van der Waals surface area contributed by atoms with Gasteiger partial charge in [0, 0.05) is 17.4 Å². The molecule has 1 aromatic carbocycles. The lowest BCUT2D eigenvalue weighted by Gasteiger charge is -2.26. The molecule has 11 heteroatoms. The van der Waals surface area contributed by atoms with Gasteiger partial charge in [-0.25, -0.2) is 10.2 Å². The fraction of sp³-hybridized carbons (Fsp3) is 0.467. The Balaban J connectivity index is 3.17. The van der Waals surface area contributed by atoms with Crippen LogP contribution in [-0.4, -0.2) is 40.2 Å². The second-order valence-electron chi connectivity index (χ2n) is 5.91. The van der Waals surface area contributed by atoms with Gasteiger partial charge in [0.25, 0.3) is 5.69 Å². The summed E-state index contributed by atoms with van der Waals surface area (Å²) in [5, 5.41) is 25.0. The lowest BCUT2D eigenvalue weighted by atomic mass is 10.3. The summed E-state index contributed by atoms with van der Waals surface area (Å²) >= 11 is 0. The van der Waals surface area contributed by atoms with Gasteiger partial charge in [-0.15, -0.1) is 0 Å². The van der Waals surface area contributed by atoms with Crippen molar-refractivity contribution in [3.05, 3.63) is 34.4 Å². The Kier molecular flexibility index (Phi) is 7.43. The summed E-state index contributed by atoms with van der Waals surface area (Å²) in [7, 11) is -3.79. The van der Waals surface area contributed by atoms with Gasteiger partial charge in [0.1, 0.15) is 12.1 Å². The summed E-state index contributed by atoms with van der Waals surface area (Å²) in [4.78, 5) is 33.3. The maximum atomic E-state index is 13.3. The smallest absolute Gasteiger partial charge is 0.323 e. The molecular formula is C15H22N3O7P. The monoisotopic (exact) mass is 387 g/mol. The molecule has 0 aliphatic carbocycles. The third-order valence-electron chi connectivity index (χ3n) is 3.25. The van der Waals surface area contributed by atoms with Crippen LogP contribution in [0.5, 0.6) is 0 Å². The van der Waals surface area contributed by atoms with Crippen molar-refractivity contribution in [2.24, 2.45) is 0 Å². The van der Waals surface area contributed by atoms with Gasteiger partial charge in [-0.3, -0.25) is 24.3 Å². The fourth-order valence-electron chi connectivity index (χ4n) is 1.96. The second-order valence-corrected chi connectivity index (χ2v) is 8.16. The Hall–Kier alpha value is -2.29. The Labute approximate surface area is 150 Å². The van der Waals surface area contributed by atoms with Gasteiger partial charge in [-0.1, -0.05) is 0 Å². The van der Waals surface area contributed by atoms with Crippen molar-refractivity contribution >= 4 is 30.4 Å². The Bertz CT molecular complexity index is 720. The summed E-state index contributed by atoms with van der Waals surface area (Å²) in [6.07, 6.45) is -0.378. The van der Waals surface area contributed by atoms with Gasteiger partial charge in [-0.05, 0) is 39.8 Å². The average Bonchev–Trinajstić information content (AvgIpc) is 2.53. The molecule has 0 fully saturated rings. The molecule has 3 N–H and O–H groups in total. The summed E-state index contributed by atoms with van der Waals surface area (Å²) in [5.74, 6) is -1.90. The first kappa shape index (κ1) is 21.8. The van der Waals surface area contributed by atoms with E-state index in [-0.39, 0.29) is 17.1 Å². The first-order valence-corrected chi connectivity index (χ1v) is 9.51. The molecule has 0 bridgehead atoms. The molecular weight excluding hydrogens is 365 g/mol. The fourth-order valence-corrected chi connectivity index (χ4v) is 4.21. The number of nitrogens with zero attached hydrogens (tertiary/aromatic N) is 1. The number of benzene rings is 1. The van der Waals surface area contributed by atoms with Crippen molar-refractivity contribution in [1.29, 1.82) is 0 Å². The number of esters is 1. The van der Waals surface area contributed by atoms with Crippen molar-refractivity contribution in [3.63, 3.8) is 0 Å². The summed E-state index contributed by atoms with van der Waals surface area (Å²) in [6, 6.07) is 2.58. The van der Waals surface area contributed by atoms with Gasteiger partial charge in [-0.2, -0.15) is 0 Å². The molecule has 10 nitrogen and oxygen atoms in total. The predicted octanol–water partition coefficient (Wildman–Crippen LogP) is 1.41. The molecule has 144 valence electrons. The van der Waals surface area contributed by atoms with E-state index in [4.69, 9.17) is 9.84 Å².